The third-order valence-electron chi connectivity index (χ3n) is 4.42. The molecule has 29 heavy (non-hydrogen) atoms. The zero-order valence-corrected chi connectivity index (χ0v) is 16.6. The summed E-state index contributed by atoms with van der Waals surface area (Å²) in [6, 6.07) is 11.8. The number of aryl methyl sites for hydroxylation is 1. The van der Waals surface area contributed by atoms with Crippen LogP contribution >= 0.6 is 11.8 Å². The van der Waals surface area contributed by atoms with Crippen molar-refractivity contribution in [3.63, 3.8) is 0 Å². The number of carbonyl (C=O) groups is 3. The van der Waals surface area contributed by atoms with Crippen LogP contribution in [0.4, 0.5) is 25.0 Å². The van der Waals surface area contributed by atoms with Crippen molar-refractivity contribution in [1.82, 2.24) is 4.90 Å². The lowest BCUT2D eigenvalue weighted by molar-refractivity contribution is -0.130. The van der Waals surface area contributed by atoms with Crippen molar-refractivity contribution in [3.05, 3.63) is 54.1 Å². The van der Waals surface area contributed by atoms with Gasteiger partial charge in [-0.05, 0) is 50.2 Å². The van der Waals surface area contributed by atoms with E-state index >= 15 is 0 Å². The summed E-state index contributed by atoms with van der Waals surface area (Å²) in [4.78, 5) is 40.2. The highest BCUT2D eigenvalue weighted by Crippen LogP contribution is 2.27. The summed E-state index contributed by atoms with van der Waals surface area (Å²) in [6.45, 7) is 3.09. The first kappa shape index (κ1) is 20.8. The number of thioether (sulfide) groups is 1. The number of imide groups is 1. The zero-order valence-electron chi connectivity index (χ0n) is 15.8. The van der Waals surface area contributed by atoms with Gasteiger partial charge in [-0.2, -0.15) is 8.78 Å². The SMILES string of the molecule is Cc1ccc(N2C(=O)N(CC(=O)Nc3ccc(SC(F)F)cc3)C(=O)[C@@H]2C)cc1. The maximum Gasteiger partial charge on any atom is 0.332 e. The molecular formula is C20H19F2N3O3S. The first-order valence-corrected chi connectivity index (χ1v) is 9.70. The first-order chi connectivity index (χ1) is 13.8. The maximum atomic E-state index is 12.7. The molecular weight excluding hydrogens is 400 g/mol. The monoisotopic (exact) mass is 419 g/mol. The number of urea groups is 1. The molecule has 2 aromatic rings. The number of halogens is 2. The van der Waals surface area contributed by atoms with Crippen molar-refractivity contribution in [2.75, 3.05) is 16.8 Å². The standard InChI is InChI=1S/C20H19F2N3O3S/c1-12-3-7-15(8-4-12)25-13(2)18(27)24(20(25)28)11-17(26)23-14-5-9-16(10-6-14)29-19(21)22/h3-10,13,19H,11H2,1-2H3,(H,23,26)/t13-/m0/s1. The fourth-order valence-electron chi connectivity index (χ4n) is 2.97. The van der Waals surface area contributed by atoms with Crippen LogP contribution in [0.15, 0.2) is 53.4 Å². The lowest BCUT2D eigenvalue weighted by Gasteiger charge is -2.19. The number of amides is 4. The largest absolute Gasteiger partial charge is 0.332 e. The van der Waals surface area contributed by atoms with E-state index < -0.39 is 36.2 Å². The van der Waals surface area contributed by atoms with Gasteiger partial charge < -0.3 is 5.32 Å². The molecule has 1 heterocycles. The summed E-state index contributed by atoms with van der Waals surface area (Å²) in [5.74, 6) is -3.55. The summed E-state index contributed by atoms with van der Waals surface area (Å²) in [5.41, 5.74) is 1.99. The molecule has 0 spiro atoms. The second-order valence-electron chi connectivity index (χ2n) is 6.54. The molecule has 1 N–H and O–H groups in total. The predicted octanol–water partition coefficient (Wildman–Crippen LogP) is 4.11. The lowest BCUT2D eigenvalue weighted by Crippen LogP contribution is -2.39. The van der Waals surface area contributed by atoms with Crippen molar-refractivity contribution in [2.24, 2.45) is 0 Å². The second-order valence-corrected chi connectivity index (χ2v) is 7.60. The van der Waals surface area contributed by atoms with Crippen LogP contribution in [0, 0.1) is 6.92 Å². The molecule has 0 radical (unpaired) electrons. The molecule has 152 valence electrons. The number of nitrogens with one attached hydrogen (secondary N) is 1. The average Bonchev–Trinajstić information content (AvgIpc) is 2.87. The van der Waals surface area contributed by atoms with E-state index in [0.29, 0.717) is 28.0 Å². The van der Waals surface area contributed by atoms with Crippen LogP contribution in [0.5, 0.6) is 0 Å². The Balaban J connectivity index is 1.66. The van der Waals surface area contributed by atoms with E-state index in [0.717, 1.165) is 10.5 Å². The van der Waals surface area contributed by atoms with Crippen LogP contribution < -0.4 is 10.2 Å². The fraction of sp³-hybridized carbons (Fsp3) is 0.250. The normalized spacial score (nSPS) is 16.7. The van der Waals surface area contributed by atoms with Gasteiger partial charge in [0.25, 0.3) is 11.7 Å². The Bertz CT molecular complexity index is 920. The van der Waals surface area contributed by atoms with Gasteiger partial charge in [-0.25, -0.2) is 4.79 Å². The van der Waals surface area contributed by atoms with Crippen molar-refractivity contribution in [1.29, 1.82) is 0 Å². The lowest BCUT2D eigenvalue weighted by atomic mass is 10.2. The molecule has 9 heteroatoms. The van der Waals surface area contributed by atoms with Crippen LogP contribution in [0.2, 0.25) is 0 Å². The van der Waals surface area contributed by atoms with Gasteiger partial charge in [0.15, 0.2) is 0 Å². The summed E-state index contributed by atoms with van der Waals surface area (Å²) in [5, 5.41) is 2.57. The molecule has 1 aliphatic rings. The molecule has 1 atom stereocenters. The Morgan fingerprint density at radius 1 is 1.10 bits per heavy atom. The summed E-state index contributed by atoms with van der Waals surface area (Å²) < 4.78 is 24.7. The molecule has 0 bridgehead atoms. The van der Waals surface area contributed by atoms with E-state index in [2.05, 4.69) is 5.32 Å². The highest BCUT2D eigenvalue weighted by Gasteiger charge is 2.44. The molecule has 1 fully saturated rings. The number of benzene rings is 2. The van der Waals surface area contributed by atoms with E-state index in [1.54, 1.807) is 19.1 Å². The molecule has 0 aromatic heterocycles. The summed E-state index contributed by atoms with van der Waals surface area (Å²) in [6.07, 6.45) is 0. The number of rotatable bonds is 6. The number of hydrogen-bond donors (Lipinski definition) is 1. The van der Waals surface area contributed by atoms with E-state index in [1.165, 1.54) is 29.2 Å². The number of hydrogen-bond acceptors (Lipinski definition) is 4. The molecule has 6 nitrogen and oxygen atoms in total. The average molecular weight is 419 g/mol. The van der Waals surface area contributed by atoms with Crippen LogP contribution in [0.25, 0.3) is 0 Å². The Hall–Kier alpha value is -2.94. The summed E-state index contributed by atoms with van der Waals surface area (Å²) >= 11 is 0.403. The van der Waals surface area contributed by atoms with Crippen molar-refractivity contribution in [3.8, 4) is 0 Å². The molecule has 0 unspecified atom stereocenters. The zero-order chi connectivity index (χ0) is 21.1. The Morgan fingerprint density at radius 3 is 2.31 bits per heavy atom. The number of anilines is 2. The van der Waals surface area contributed by atoms with E-state index in [4.69, 9.17) is 0 Å². The van der Waals surface area contributed by atoms with Gasteiger partial charge in [-0.3, -0.25) is 19.4 Å². The van der Waals surface area contributed by atoms with Crippen LogP contribution in [-0.4, -0.2) is 41.1 Å². The van der Waals surface area contributed by atoms with Crippen molar-refractivity contribution >= 4 is 41.0 Å². The molecule has 0 saturated carbocycles. The van der Waals surface area contributed by atoms with Crippen LogP contribution in [0.3, 0.4) is 0 Å². The Labute approximate surface area is 170 Å². The van der Waals surface area contributed by atoms with Gasteiger partial charge in [0.1, 0.15) is 12.6 Å². The topological polar surface area (TPSA) is 69.7 Å². The van der Waals surface area contributed by atoms with E-state index in [9.17, 15) is 23.2 Å². The minimum atomic E-state index is -2.53. The Kier molecular flexibility index (Phi) is 6.17. The minimum Gasteiger partial charge on any atom is -0.325 e. The third kappa shape index (κ3) is 4.73. The van der Waals surface area contributed by atoms with Crippen molar-refractivity contribution < 1.29 is 23.2 Å². The van der Waals surface area contributed by atoms with Gasteiger partial charge in [0.05, 0.1) is 0 Å². The summed E-state index contributed by atoms with van der Waals surface area (Å²) in [7, 11) is 0. The molecule has 4 amide bonds. The maximum absolute atomic E-state index is 12.7. The second kappa shape index (κ2) is 8.60. The smallest absolute Gasteiger partial charge is 0.325 e. The molecule has 0 aliphatic carbocycles. The predicted molar refractivity (Wildman–Crippen MR) is 107 cm³/mol. The fourth-order valence-corrected chi connectivity index (χ4v) is 3.47. The first-order valence-electron chi connectivity index (χ1n) is 8.82. The van der Waals surface area contributed by atoms with E-state index in [1.807, 2.05) is 19.1 Å². The Morgan fingerprint density at radius 2 is 1.72 bits per heavy atom. The highest BCUT2D eigenvalue weighted by atomic mass is 32.2. The molecule has 1 saturated heterocycles. The van der Waals surface area contributed by atoms with Gasteiger partial charge in [-0.15, -0.1) is 0 Å². The van der Waals surface area contributed by atoms with Gasteiger partial charge in [0.2, 0.25) is 5.91 Å². The minimum absolute atomic E-state index is 0.366. The van der Waals surface area contributed by atoms with Gasteiger partial charge in [0, 0.05) is 16.3 Å². The third-order valence-corrected chi connectivity index (χ3v) is 5.15. The van der Waals surface area contributed by atoms with Gasteiger partial charge >= 0.3 is 6.03 Å². The number of alkyl halides is 2. The van der Waals surface area contributed by atoms with E-state index in [-0.39, 0.29) is 0 Å². The van der Waals surface area contributed by atoms with Crippen molar-refractivity contribution in [2.45, 2.75) is 30.5 Å². The molecule has 1 aliphatic heterocycles. The number of carbonyl (C=O) groups excluding carboxylic acids is 3. The van der Waals surface area contributed by atoms with Crippen LogP contribution in [0.1, 0.15) is 12.5 Å². The highest BCUT2D eigenvalue weighted by molar-refractivity contribution is 7.99. The molecule has 2 aromatic carbocycles. The van der Waals surface area contributed by atoms with Crippen LogP contribution in [-0.2, 0) is 9.59 Å². The quantitative estimate of drug-likeness (QED) is 0.565. The number of nitrogens with zero attached hydrogens (tertiary/aromatic N) is 2. The van der Waals surface area contributed by atoms with Gasteiger partial charge in [-0.1, -0.05) is 29.5 Å². The molecule has 3 rings (SSSR count).